The molecule has 1 aliphatic carbocycles. The summed E-state index contributed by atoms with van der Waals surface area (Å²) in [4.78, 5) is 5.22. The van der Waals surface area contributed by atoms with Gasteiger partial charge in [-0.25, -0.2) is 0 Å². The van der Waals surface area contributed by atoms with Crippen LogP contribution in [0.1, 0.15) is 49.4 Å². The van der Waals surface area contributed by atoms with Crippen molar-refractivity contribution in [2.75, 3.05) is 0 Å². The van der Waals surface area contributed by atoms with Crippen LogP contribution < -0.4 is 16.2 Å². The zero-order valence-corrected chi connectivity index (χ0v) is 27.8. The maximum absolute atomic E-state index is 7.69. The number of rotatable bonds is 5. The van der Waals surface area contributed by atoms with Crippen molar-refractivity contribution in [3.8, 4) is 5.75 Å². The second-order valence-electron chi connectivity index (χ2n) is 11.0. The Bertz CT molecular complexity index is 1320. The Hall–Kier alpha value is -1.68. The van der Waals surface area contributed by atoms with Crippen LogP contribution >= 0.6 is 24.8 Å². The molecule has 0 atom stereocenters. The van der Waals surface area contributed by atoms with Gasteiger partial charge in [0.15, 0.2) is 0 Å². The van der Waals surface area contributed by atoms with Gasteiger partial charge in [-0.15, -0.1) is 24.8 Å². The van der Waals surface area contributed by atoms with E-state index in [1.807, 2.05) is 0 Å². The SMILES string of the molecule is Cl.Cl.[CH2]=[Ti]([O]c1c(C)c(C)c(C)c(C(C)(C)C)c1[SiH3])([C]1=CC=CC1)([c]1ccccc1)[c]1ccccc1. The first-order chi connectivity index (χ1) is 16.0. The molecule has 0 fully saturated rings. The molecule has 0 unspecified atom stereocenters. The fourth-order valence-electron chi connectivity index (χ4n) is 5.96. The normalized spacial score (nSPS) is 13.6. The fraction of sp³-hybridized carbons (Fsp3) is 0.258. The molecule has 0 N–H and O–H groups in total. The number of hydrogen-bond donors (Lipinski definition) is 0. The van der Waals surface area contributed by atoms with E-state index in [0.717, 1.165) is 22.4 Å². The van der Waals surface area contributed by atoms with Crippen LogP contribution in [-0.4, -0.2) is 15.1 Å². The minimum absolute atomic E-state index is 0. The van der Waals surface area contributed by atoms with Gasteiger partial charge in [0.25, 0.3) is 0 Å². The van der Waals surface area contributed by atoms with Crippen molar-refractivity contribution >= 4 is 52.8 Å². The summed E-state index contributed by atoms with van der Waals surface area (Å²) >= 11 is -4.45. The van der Waals surface area contributed by atoms with Crippen molar-refractivity contribution < 1.29 is 18.5 Å². The van der Waals surface area contributed by atoms with Crippen molar-refractivity contribution in [3.05, 3.63) is 105 Å². The van der Waals surface area contributed by atoms with E-state index in [1.54, 1.807) is 0 Å². The van der Waals surface area contributed by atoms with E-state index in [9.17, 15) is 0 Å². The molecule has 0 aliphatic heterocycles. The van der Waals surface area contributed by atoms with Gasteiger partial charge in [0.2, 0.25) is 0 Å². The molecule has 0 amide bonds. The summed E-state index contributed by atoms with van der Waals surface area (Å²) in [5.74, 6) is 1.08. The third-order valence-corrected chi connectivity index (χ3v) is 17.4. The average molecular weight is 576 g/mol. The Kier molecular flexibility index (Phi) is 9.31. The van der Waals surface area contributed by atoms with E-state index in [0.29, 0.717) is 0 Å². The van der Waals surface area contributed by atoms with Crippen LogP contribution in [0.15, 0.2) is 82.8 Å². The van der Waals surface area contributed by atoms with Crippen LogP contribution in [0.2, 0.25) is 0 Å². The van der Waals surface area contributed by atoms with Crippen molar-refractivity contribution in [1.82, 2.24) is 0 Å². The molecule has 0 aromatic heterocycles. The number of benzene rings is 3. The standard InChI is InChI=1S/C13H22OSi.2C6H5.C5H5.CH2.2ClH.Ti/c1-7-8(2)10(13(4,5)6)12(15)11(14)9(7)3;2*1-2-4-6-5-3-1;1-2-4-5-3-1;;;;/h14H,1-6,15H3;2*1-5H;1-3H,4H2;1H2;2*1H;/q;;;;;;;+1/p-1. The van der Waals surface area contributed by atoms with Crippen molar-refractivity contribution in [2.24, 2.45) is 0 Å². The van der Waals surface area contributed by atoms with E-state index >= 15 is 0 Å². The molecule has 0 radical (unpaired) electrons. The first-order valence-electron chi connectivity index (χ1n) is 12.3. The molecule has 0 saturated carbocycles. The van der Waals surface area contributed by atoms with Crippen molar-refractivity contribution in [1.29, 1.82) is 0 Å². The predicted molar refractivity (Wildman–Crippen MR) is 165 cm³/mol. The third kappa shape index (κ3) is 4.79. The molecule has 0 spiro atoms. The summed E-state index contributed by atoms with van der Waals surface area (Å²) in [6.07, 6.45) is 7.58. The van der Waals surface area contributed by atoms with E-state index in [1.165, 1.54) is 39.1 Å². The van der Waals surface area contributed by atoms with Gasteiger partial charge < -0.3 is 0 Å². The zero-order valence-electron chi connectivity index (χ0n) is 22.6. The first kappa shape index (κ1) is 30.5. The Morgan fingerprint density at radius 1 is 0.806 bits per heavy atom. The summed E-state index contributed by atoms with van der Waals surface area (Å²) in [5.41, 5.74) is 5.49. The van der Waals surface area contributed by atoms with E-state index in [4.69, 9.17) is 8.14 Å². The van der Waals surface area contributed by atoms with Crippen LogP contribution in [0.5, 0.6) is 5.75 Å². The van der Waals surface area contributed by atoms with Crippen molar-refractivity contribution in [3.63, 3.8) is 0 Å². The van der Waals surface area contributed by atoms with Crippen LogP contribution in [0, 0.1) is 20.8 Å². The van der Waals surface area contributed by atoms with Crippen LogP contribution in [0.4, 0.5) is 0 Å². The van der Waals surface area contributed by atoms with E-state index in [2.05, 4.69) is 120 Å². The second-order valence-corrected chi connectivity index (χ2v) is 19.3. The van der Waals surface area contributed by atoms with E-state index < -0.39 is 15.2 Å². The molecule has 4 rings (SSSR count). The Morgan fingerprint density at radius 3 is 1.72 bits per heavy atom. The summed E-state index contributed by atoms with van der Waals surface area (Å²) in [7, 11) is 0.916. The fourth-order valence-corrected chi connectivity index (χ4v) is 15.7. The summed E-state index contributed by atoms with van der Waals surface area (Å²) in [6.45, 7) is 13.7. The summed E-state index contributed by atoms with van der Waals surface area (Å²) < 4.78 is 11.5. The molecule has 3 aromatic carbocycles. The quantitative estimate of drug-likeness (QED) is 0.358. The molecule has 3 aromatic rings. The Balaban J connectivity index is 0.00000228. The molecule has 1 nitrogen and oxygen atoms in total. The molecule has 192 valence electrons. The molecule has 5 heteroatoms. The minimum atomic E-state index is -4.45. The van der Waals surface area contributed by atoms with Gasteiger partial charge in [-0.3, -0.25) is 0 Å². The predicted octanol–water partition coefficient (Wildman–Crippen LogP) is 5.65. The maximum atomic E-state index is 7.69. The van der Waals surface area contributed by atoms with Crippen LogP contribution in [0.25, 0.3) is 0 Å². The van der Waals surface area contributed by atoms with Crippen LogP contribution in [0.3, 0.4) is 0 Å². The van der Waals surface area contributed by atoms with Crippen molar-refractivity contribution in [2.45, 2.75) is 53.4 Å². The van der Waals surface area contributed by atoms with E-state index in [-0.39, 0.29) is 30.2 Å². The van der Waals surface area contributed by atoms with Crippen LogP contribution in [-0.2, 0) is 20.6 Å². The molecule has 0 bridgehead atoms. The molecular weight excluding hydrogens is 535 g/mol. The van der Waals surface area contributed by atoms with Gasteiger partial charge in [0.1, 0.15) is 0 Å². The average Bonchev–Trinajstić information content (AvgIpc) is 3.37. The zero-order chi connectivity index (χ0) is 24.7. The Morgan fingerprint density at radius 2 is 1.31 bits per heavy atom. The van der Waals surface area contributed by atoms with Gasteiger partial charge in [0.05, 0.1) is 0 Å². The number of halogens is 2. The second kappa shape index (κ2) is 11.0. The first-order valence-corrected chi connectivity index (χ1v) is 17.4. The summed E-state index contributed by atoms with van der Waals surface area (Å²) in [5, 5.41) is 1.38. The monoisotopic (exact) mass is 574 g/mol. The molecule has 1 aliphatic rings. The number of hydrogen-bond acceptors (Lipinski definition) is 1. The van der Waals surface area contributed by atoms with Gasteiger partial charge in [-0.2, -0.15) is 0 Å². The number of allylic oxidation sites excluding steroid dienone is 4. The molecular formula is C31H40Cl2OSiTi. The molecule has 0 saturated heterocycles. The van der Waals surface area contributed by atoms with Gasteiger partial charge >= 0.3 is 211 Å². The topological polar surface area (TPSA) is 9.23 Å². The Labute approximate surface area is 234 Å². The summed E-state index contributed by atoms with van der Waals surface area (Å²) in [6, 6.07) is 21.7. The molecule has 0 heterocycles. The van der Waals surface area contributed by atoms with Gasteiger partial charge in [-0.05, 0) is 0 Å². The molecule has 36 heavy (non-hydrogen) atoms. The van der Waals surface area contributed by atoms with Gasteiger partial charge in [-0.1, -0.05) is 0 Å². The third-order valence-electron chi connectivity index (χ3n) is 7.85. The van der Waals surface area contributed by atoms with Gasteiger partial charge in [0, 0.05) is 0 Å².